The maximum atomic E-state index is 13.4. The number of H-pyrrole nitrogens is 1. The second kappa shape index (κ2) is 14.7. The van der Waals surface area contributed by atoms with E-state index in [0.717, 1.165) is 122 Å². The Morgan fingerprint density at radius 2 is 0.554 bits per heavy atom. The summed E-state index contributed by atoms with van der Waals surface area (Å²) in [6.45, 7) is 0. The van der Waals surface area contributed by atoms with Crippen LogP contribution in [0.2, 0.25) is 0 Å². The van der Waals surface area contributed by atoms with E-state index in [9.17, 15) is 5.21 Å². The summed E-state index contributed by atoms with van der Waals surface area (Å²) < 4.78 is 1.42. The maximum Gasteiger partial charge on any atom is 0.0979 e. The molecular formula is C60H38N4O. The van der Waals surface area contributed by atoms with Gasteiger partial charge in [-0.1, -0.05) is 218 Å². The van der Waals surface area contributed by atoms with Crippen LogP contribution in [-0.4, -0.2) is 24.9 Å². The summed E-state index contributed by atoms with van der Waals surface area (Å²) in [7, 11) is 0. The van der Waals surface area contributed by atoms with E-state index in [2.05, 4.69) is 211 Å². The fourth-order valence-corrected chi connectivity index (χ4v) is 10.3. The second-order valence-electron chi connectivity index (χ2n) is 16.6. The van der Waals surface area contributed by atoms with E-state index < -0.39 is 0 Å². The molecule has 8 bridgehead atoms. The number of hydrogen-bond acceptors (Lipinski definition) is 3. The minimum absolute atomic E-state index is 0.652. The van der Waals surface area contributed by atoms with Crippen LogP contribution >= 0.6 is 0 Å². The van der Waals surface area contributed by atoms with Crippen molar-refractivity contribution in [1.29, 1.82) is 0 Å². The summed E-state index contributed by atoms with van der Waals surface area (Å²) in [6, 6.07) is 76.0. The largest absolute Gasteiger partial charge is 0.428 e. The molecule has 8 aromatic carbocycles. The van der Waals surface area contributed by atoms with Gasteiger partial charge in [0.05, 0.1) is 44.8 Å². The number of hydrogen-bond donors (Lipinski definition) is 2. The Morgan fingerprint density at radius 1 is 0.292 bits per heavy atom. The first kappa shape index (κ1) is 36.8. The van der Waals surface area contributed by atoms with E-state index in [1.165, 1.54) is 4.73 Å². The Balaban J connectivity index is 1.40. The lowest BCUT2D eigenvalue weighted by atomic mass is 9.93. The Hall–Kier alpha value is -8.80. The topological polar surface area (TPSA) is 66.7 Å². The Labute approximate surface area is 374 Å². The first-order valence-electron chi connectivity index (χ1n) is 22.0. The first-order valence-corrected chi connectivity index (χ1v) is 22.0. The highest BCUT2D eigenvalue weighted by molar-refractivity contribution is 6.21. The third kappa shape index (κ3) is 5.59. The highest BCUT2D eigenvalue weighted by Gasteiger charge is 2.30. The fourth-order valence-electron chi connectivity index (χ4n) is 10.3. The molecule has 0 amide bonds. The van der Waals surface area contributed by atoms with Crippen LogP contribution in [0.5, 0.6) is 0 Å². The van der Waals surface area contributed by atoms with Gasteiger partial charge in [0.15, 0.2) is 0 Å². The third-order valence-electron chi connectivity index (χ3n) is 13.1. The minimum atomic E-state index is 0.652. The van der Waals surface area contributed by atoms with Crippen molar-refractivity contribution in [3.05, 3.63) is 218 Å². The van der Waals surface area contributed by atoms with Gasteiger partial charge in [0, 0.05) is 66.1 Å². The summed E-state index contributed by atoms with van der Waals surface area (Å²) >= 11 is 0. The zero-order valence-corrected chi connectivity index (χ0v) is 35.1. The second-order valence-corrected chi connectivity index (χ2v) is 16.6. The molecule has 5 heteroatoms. The minimum Gasteiger partial charge on any atom is -0.428 e. The van der Waals surface area contributed by atoms with Crippen LogP contribution in [0, 0.1) is 0 Å². The summed E-state index contributed by atoms with van der Waals surface area (Å²) in [5, 5.41) is 17.3. The normalized spacial score (nSPS) is 11.8. The van der Waals surface area contributed by atoms with Crippen LogP contribution in [0.4, 0.5) is 0 Å². The smallest absolute Gasteiger partial charge is 0.0979 e. The van der Waals surface area contributed by atoms with Gasteiger partial charge in [-0.15, -0.1) is 0 Å². The monoisotopic (exact) mass is 830 g/mol. The molecule has 0 fully saturated rings. The van der Waals surface area contributed by atoms with E-state index in [0.29, 0.717) is 11.0 Å². The van der Waals surface area contributed by atoms with Gasteiger partial charge in [-0.25, -0.2) is 9.97 Å². The number of rotatable bonds is 4. The first-order chi connectivity index (χ1) is 32.2. The van der Waals surface area contributed by atoms with Gasteiger partial charge in [-0.05, 0) is 22.3 Å². The van der Waals surface area contributed by atoms with Crippen LogP contribution in [0.1, 0.15) is 0 Å². The van der Waals surface area contributed by atoms with E-state index in [4.69, 9.17) is 9.97 Å². The average Bonchev–Trinajstić information content (AvgIpc) is 4.12. The van der Waals surface area contributed by atoms with E-state index in [1.807, 2.05) is 12.1 Å². The molecule has 13 rings (SSSR count). The standard InChI is InChI=1S/C60H38N4O/c65-64-59-47-35-19-20-36-48(47)60(64)52(40-27-11-4-12-28-40)58-46-34-18-16-32-44(46)56(63-58)50(38-23-7-2-8-24-38)54-42-30-14-13-29-41(42)53(61-54)49(37-21-5-1-6-22-37)55-43-31-15-17-33-45(43)57(62-55)51(59)39-25-9-3-10-26-39/h1-36,61,65H. The molecule has 10 aromatic rings. The summed E-state index contributed by atoms with van der Waals surface area (Å²) in [6.07, 6.45) is 0. The number of benzene rings is 8. The van der Waals surface area contributed by atoms with Crippen molar-refractivity contribution >= 4 is 43.6 Å². The van der Waals surface area contributed by atoms with Crippen LogP contribution < -0.4 is 0 Å². The number of nitrogens with one attached hydrogen (secondary N) is 1. The third-order valence-corrected chi connectivity index (χ3v) is 13.1. The van der Waals surface area contributed by atoms with Gasteiger partial charge in [-0.2, -0.15) is 4.73 Å². The lowest BCUT2D eigenvalue weighted by Crippen LogP contribution is -1.96. The molecular weight excluding hydrogens is 793 g/mol. The summed E-state index contributed by atoms with van der Waals surface area (Å²) in [4.78, 5) is 15.8. The highest BCUT2D eigenvalue weighted by atomic mass is 16.5. The predicted octanol–water partition coefficient (Wildman–Crippen LogP) is 15.7. The molecule has 1 aliphatic carbocycles. The van der Waals surface area contributed by atoms with Crippen molar-refractivity contribution in [3.63, 3.8) is 0 Å². The molecule has 304 valence electrons. The molecule has 2 N–H and O–H groups in total. The van der Waals surface area contributed by atoms with E-state index in [1.54, 1.807) is 0 Å². The molecule has 0 radical (unpaired) electrons. The van der Waals surface area contributed by atoms with E-state index >= 15 is 0 Å². The fraction of sp³-hybridized carbons (Fsp3) is 0. The van der Waals surface area contributed by atoms with Gasteiger partial charge >= 0.3 is 0 Å². The van der Waals surface area contributed by atoms with Gasteiger partial charge in [0.2, 0.25) is 0 Å². The van der Waals surface area contributed by atoms with Crippen molar-refractivity contribution in [2.45, 2.75) is 0 Å². The molecule has 65 heavy (non-hydrogen) atoms. The lowest BCUT2D eigenvalue weighted by molar-refractivity contribution is 0.213. The average molecular weight is 831 g/mol. The molecule has 0 saturated carbocycles. The molecule has 2 aliphatic heterocycles. The van der Waals surface area contributed by atoms with Crippen LogP contribution in [0.25, 0.3) is 133 Å². The van der Waals surface area contributed by atoms with E-state index in [-0.39, 0.29) is 0 Å². The van der Waals surface area contributed by atoms with Gasteiger partial charge in [0.1, 0.15) is 0 Å². The molecule has 0 saturated heterocycles. The zero-order chi connectivity index (χ0) is 43.0. The van der Waals surface area contributed by atoms with Crippen LogP contribution in [0.3, 0.4) is 0 Å². The van der Waals surface area contributed by atoms with Crippen molar-refractivity contribution in [2.75, 3.05) is 0 Å². The van der Waals surface area contributed by atoms with Crippen molar-refractivity contribution in [2.24, 2.45) is 0 Å². The van der Waals surface area contributed by atoms with Crippen LogP contribution in [-0.2, 0) is 0 Å². The maximum absolute atomic E-state index is 13.4. The lowest BCUT2D eigenvalue weighted by Gasteiger charge is -2.11. The number of aromatic amines is 1. The zero-order valence-electron chi connectivity index (χ0n) is 35.1. The van der Waals surface area contributed by atoms with Crippen molar-refractivity contribution in [3.8, 4) is 89.5 Å². The molecule has 2 aromatic heterocycles. The number of aromatic nitrogens is 4. The van der Waals surface area contributed by atoms with Gasteiger partial charge < -0.3 is 10.2 Å². The molecule has 0 unspecified atom stereocenters. The SMILES string of the molecule is On1c2c(-c3ccccc3)c3nc(c(-c4ccccc4)c4[nH]c(c(-c5ccccc5)c5nc(c(-c6ccccc6)c1c1ccccc12)-c1ccccc1-5)c1ccccc41)-c1ccccc1-3. The van der Waals surface area contributed by atoms with Gasteiger partial charge in [-0.3, -0.25) is 0 Å². The van der Waals surface area contributed by atoms with Crippen molar-refractivity contribution in [1.82, 2.24) is 19.7 Å². The van der Waals surface area contributed by atoms with Crippen molar-refractivity contribution < 1.29 is 5.21 Å². The predicted molar refractivity (Wildman–Crippen MR) is 267 cm³/mol. The molecule has 5 nitrogen and oxygen atoms in total. The van der Waals surface area contributed by atoms with Gasteiger partial charge in [0.25, 0.3) is 0 Å². The number of nitrogens with zero attached hydrogens (tertiary/aromatic N) is 3. The quantitative estimate of drug-likeness (QED) is 0.174. The Bertz CT molecular complexity index is 3620. The Kier molecular flexibility index (Phi) is 8.30. The van der Waals surface area contributed by atoms with Crippen LogP contribution in [0.15, 0.2) is 218 Å². The summed E-state index contributed by atoms with van der Waals surface area (Å²) in [5.41, 5.74) is 18.0. The Morgan fingerprint density at radius 3 is 0.892 bits per heavy atom. The molecule has 0 spiro atoms. The summed E-state index contributed by atoms with van der Waals surface area (Å²) in [5.74, 6) is 0. The molecule has 4 heterocycles. The highest BCUT2D eigenvalue weighted by Crippen LogP contribution is 2.52. The molecule has 0 atom stereocenters. The molecule has 3 aliphatic rings.